The Kier molecular flexibility index (Phi) is 62.5. The van der Waals surface area contributed by atoms with E-state index in [1.165, 1.54) is 141 Å². The molecule has 17 nitrogen and oxygen atoms in total. The van der Waals surface area contributed by atoms with Gasteiger partial charge in [0.1, 0.15) is 19.3 Å². The van der Waals surface area contributed by atoms with Gasteiger partial charge in [0.25, 0.3) is 0 Å². The van der Waals surface area contributed by atoms with Gasteiger partial charge in [0.2, 0.25) is 0 Å². The molecule has 0 saturated heterocycles. The van der Waals surface area contributed by atoms with Crippen LogP contribution in [-0.2, 0) is 65.4 Å². The molecule has 2 unspecified atom stereocenters. The topological polar surface area (TPSA) is 237 Å². The van der Waals surface area contributed by atoms with Gasteiger partial charge in [0.15, 0.2) is 12.2 Å². The van der Waals surface area contributed by atoms with E-state index in [1.54, 1.807) is 0 Å². The van der Waals surface area contributed by atoms with E-state index in [0.717, 1.165) is 121 Å². The number of carbonyl (C=O) groups is 4. The lowest BCUT2D eigenvalue weighted by Gasteiger charge is -2.21. The van der Waals surface area contributed by atoms with Gasteiger partial charge in [-0.25, -0.2) is 9.13 Å². The molecule has 0 aromatic rings. The van der Waals surface area contributed by atoms with Gasteiger partial charge in [-0.3, -0.25) is 37.3 Å². The Morgan fingerprint density at radius 3 is 0.871 bits per heavy atom. The van der Waals surface area contributed by atoms with Crippen LogP contribution >= 0.6 is 15.6 Å². The number of aliphatic hydroxyl groups excluding tert-OH is 1. The Labute approximate surface area is 567 Å². The zero-order valence-corrected chi connectivity index (χ0v) is 62.0. The molecule has 0 bridgehead atoms. The lowest BCUT2D eigenvalue weighted by molar-refractivity contribution is -0.161. The number of allylic oxidation sites excluding steroid dienone is 4. The van der Waals surface area contributed by atoms with Crippen molar-refractivity contribution in [3.63, 3.8) is 0 Å². The Bertz CT molecular complexity index is 1910. The molecule has 0 saturated carbocycles. The van der Waals surface area contributed by atoms with Crippen molar-refractivity contribution in [2.45, 2.75) is 369 Å². The summed E-state index contributed by atoms with van der Waals surface area (Å²) in [6.07, 6.45) is 52.3. The maximum Gasteiger partial charge on any atom is 0.472 e. The van der Waals surface area contributed by atoms with E-state index in [9.17, 15) is 43.2 Å². The predicted octanol–water partition coefficient (Wildman–Crippen LogP) is 21.0. The largest absolute Gasteiger partial charge is 0.472 e. The quantitative estimate of drug-likeness (QED) is 0.0169. The van der Waals surface area contributed by atoms with Crippen LogP contribution < -0.4 is 0 Å². The maximum absolute atomic E-state index is 13.1. The number of hydrogen-bond acceptors (Lipinski definition) is 15. The zero-order valence-electron chi connectivity index (χ0n) is 60.2. The molecule has 5 atom stereocenters. The Balaban J connectivity index is 5.27. The molecule has 0 spiro atoms. The van der Waals surface area contributed by atoms with Crippen molar-refractivity contribution in [2.75, 3.05) is 39.6 Å². The van der Waals surface area contributed by atoms with Crippen LogP contribution in [0.2, 0.25) is 0 Å². The third-order valence-electron chi connectivity index (χ3n) is 16.5. The Morgan fingerprint density at radius 1 is 0.333 bits per heavy atom. The normalized spacial score (nSPS) is 14.3. The van der Waals surface area contributed by atoms with Crippen LogP contribution in [0.25, 0.3) is 0 Å². The Morgan fingerprint density at radius 2 is 0.581 bits per heavy atom. The molecular formula is C74H140O17P2. The molecule has 0 radical (unpaired) electrons. The molecule has 19 heteroatoms. The maximum atomic E-state index is 13.1. The molecule has 0 amide bonds. The second-order valence-corrected chi connectivity index (χ2v) is 30.3. The van der Waals surface area contributed by atoms with Crippen molar-refractivity contribution in [3.8, 4) is 0 Å². The summed E-state index contributed by atoms with van der Waals surface area (Å²) >= 11 is 0. The molecule has 0 aliphatic heterocycles. The summed E-state index contributed by atoms with van der Waals surface area (Å²) in [7, 11) is -9.92. The van der Waals surface area contributed by atoms with Crippen molar-refractivity contribution in [2.24, 2.45) is 17.8 Å². The zero-order chi connectivity index (χ0) is 68.7. The van der Waals surface area contributed by atoms with E-state index >= 15 is 0 Å². The van der Waals surface area contributed by atoms with Crippen molar-refractivity contribution >= 4 is 39.5 Å². The van der Waals surface area contributed by atoms with E-state index in [4.69, 9.17) is 37.0 Å². The Hall–Kier alpha value is -2.46. The molecule has 0 aliphatic carbocycles. The van der Waals surface area contributed by atoms with Crippen LogP contribution in [0.1, 0.15) is 350 Å². The molecule has 0 aromatic heterocycles. The van der Waals surface area contributed by atoms with Crippen molar-refractivity contribution in [1.29, 1.82) is 0 Å². The predicted molar refractivity (Wildman–Crippen MR) is 377 cm³/mol. The van der Waals surface area contributed by atoms with Crippen LogP contribution in [0.5, 0.6) is 0 Å². The van der Waals surface area contributed by atoms with Gasteiger partial charge < -0.3 is 33.8 Å². The van der Waals surface area contributed by atoms with Gasteiger partial charge in [-0.15, -0.1) is 0 Å². The molecular weight excluding hydrogens is 1220 g/mol. The van der Waals surface area contributed by atoms with Crippen molar-refractivity contribution in [1.82, 2.24) is 0 Å². The third-order valence-corrected chi connectivity index (χ3v) is 18.4. The fourth-order valence-corrected chi connectivity index (χ4v) is 12.3. The van der Waals surface area contributed by atoms with Gasteiger partial charge in [-0.1, -0.05) is 297 Å². The molecule has 0 aliphatic rings. The highest BCUT2D eigenvalue weighted by Crippen LogP contribution is 2.45. The van der Waals surface area contributed by atoms with Crippen LogP contribution in [-0.4, -0.2) is 96.7 Å². The van der Waals surface area contributed by atoms with E-state index in [-0.39, 0.29) is 25.7 Å². The summed E-state index contributed by atoms with van der Waals surface area (Å²) in [6, 6.07) is 0. The van der Waals surface area contributed by atoms with Crippen LogP contribution in [0.4, 0.5) is 0 Å². The number of carbonyl (C=O) groups excluding carboxylic acids is 4. The van der Waals surface area contributed by atoms with Crippen molar-refractivity contribution < 1.29 is 80.2 Å². The minimum absolute atomic E-state index is 0.0847. The minimum atomic E-state index is -4.96. The average molecular weight is 1360 g/mol. The highest BCUT2D eigenvalue weighted by Gasteiger charge is 2.30. The summed E-state index contributed by atoms with van der Waals surface area (Å²) in [5.74, 6) is 0.0556. The van der Waals surface area contributed by atoms with E-state index in [1.807, 2.05) is 0 Å². The summed E-state index contributed by atoms with van der Waals surface area (Å²) in [5, 5.41) is 10.6. The van der Waals surface area contributed by atoms with Gasteiger partial charge in [-0.05, 0) is 69.1 Å². The fraction of sp³-hybridized carbons (Fsp3) is 0.892. The molecule has 0 heterocycles. The number of phosphoric acid groups is 2. The van der Waals surface area contributed by atoms with Gasteiger partial charge in [0.05, 0.1) is 26.4 Å². The standard InChI is InChI=1S/C74H140O17P2/c1-8-9-10-11-12-13-14-15-16-21-24-29-34-43-50-57-73(78)90-69(61-84-71(76)55-48-41-33-28-23-20-18-17-19-22-26-31-38-45-52-65(2)3)63-88-92(80,81)86-59-68(75)60-87-93(82,83)89-64-70(62-85-72(77)56-49-42-37-36-40-47-54-67(6)7)91-74(79)58-51-44-35-30-25-27-32-39-46-53-66(4)5/h13-16,65-70,75H,8-12,17-64H2,1-7H3,(H,80,81)(H,82,83)/b14-13-,16-15-/t68-,69-,70-/m1/s1. The molecule has 0 fully saturated rings. The van der Waals surface area contributed by atoms with Gasteiger partial charge in [0, 0.05) is 25.7 Å². The number of unbranched alkanes of at least 4 members (excludes halogenated alkanes) is 35. The summed E-state index contributed by atoms with van der Waals surface area (Å²) in [6.45, 7) is 11.7. The molecule has 0 aromatic carbocycles. The highest BCUT2D eigenvalue weighted by molar-refractivity contribution is 7.47. The van der Waals surface area contributed by atoms with E-state index < -0.39 is 97.5 Å². The van der Waals surface area contributed by atoms with Crippen LogP contribution in [0, 0.1) is 17.8 Å². The SMILES string of the molecule is CCCCCC/C=C\C=C/CCCCCCCC(=O)O[C@H](COC(=O)CCCCCCCCCCCCCCCCC(C)C)COP(=O)(O)OC[C@@H](O)COP(=O)(O)OC[C@@H](COC(=O)CCCCCCCCC(C)C)OC(=O)CCCCCCCCCCCC(C)C. The van der Waals surface area contributed by atoms with Crippen molar-refractivity contribution in [3.05, 3.63) is 24.3 Å². The van der Waals surface area contributed by atoms with Gasteiger partial charge in [-0.2, -0.15) is 0 Å². The fourth-order valence-electron chi connectivity index (χ4n) is 10.7. The molecule has 3 N–H and O–H groups in total. The lowest BCUT2D eigenvalue weighted by Crippen LogP contribution is -2.30. The number of esters is 4. The monoisotopic (exact) mass is 1360 g/mol. The first-order valence-corrected chi connectivity index (χ1v) is 40.7. The number of ether oxygens (including phenoxy) is 4. The number of phosphoric ester groups is 2. The van der Waals surface area contributed by atoms with E-state index in [0.29, 0.717) is 31.6 Å². The lowest BCUT2D eigenvalue weighted by atomic mass is 10.0. The van der Waals surface area contributed by atoms with Crippen LogP contribution in [0.15, 0.2) is 24.3 Å². The van der Waals surface area contributed by atoms with Gasteiger partial charge >= 0.3 is 39.5 Å². The third kappa shape index (κ3) is 67.9. The second kappa shape index (κ2) is 64.2. The average Bonchev–Trinajstić information content (AvgIpc) is 2.99. The number of hydrogen-bond donors (Lipinski definition) is 3. The first-order valence-electron chi connectivity index (χ1n) is 37.7. The number of aliphatic hydroxyl groups is 1. The number of rotatable bonds is 70. The van der Waals surface area contributed by atoms with Crippen LogP contribution in [0.3, 0.4) is 0 Å². The van der Waals surface area contributed by atoms with E-state index in [2.05, 4.69) is 72.8 Å². The first kappa shape index (κ1) is 90.5. The first-order chi connectivity index (χ1) is 44.7. The summed E-state index contributed by atoms with van der Waals surface area (Å²) < 4.78 is 68.3. The summed E-state index contributed by atoms with van der Waals surface area (Å²) in [4.78, 5) is 72.6. The molecule has 548 valence electrons. The molecule has 0 rings (SSSR count). The second-order valence-electron chi connectivity index (χ2n) is 27.4. The summed E-state index contributed by atoms with van der Waals surface area (Å²) in [5.41, 5.74) is 0. The highest BCUT2D eigenvalue weighted by atomic mass is 31.2. The molecule has 93 heavy (non-hydrogen) atoms. The minimum Gasteiger partial charge on any atom is -0.462 e. The smallest absolute Gasteiger partial charge is 0.462 e.